The number of nitrogens with two attached hydrogens (primary N) is 1. The molecule has 1 aromatic rings. The second-order valence-electron chi connectivity index (χ2n) is 6.71. The maximum absolute atomic E-state index is 6.32. The van der Waals surface area contributed by atoms with E-state index < -0.39 is 0 Å². The predicted molar refractivity (Wildman–Crippen MR) is 86.8 cm³/mol. The normalized spacial score (nSPS) is 26.5. The van der Waals surface area contributed by atoms with Crippen molar-refractivity contribution in [3.8, 4) is 0 Å². The lowest BCUT2D eigenvalue weighted by Gasteiger charge is -2.42. The first-order chi connectivity index (χ1) is 9.50. The van der Waals surface area contributed by atoms with Crippen molar-refractivity contribution >= 4 is 0 Å². The monoisotopic (exact) mass is 274 g/mol. The van der Waals surface area contributed by atoms with Gasteiger partial charge in [-0.05, 0) is 45.2 Å². The molecule has 1 saturated carbocycles. The van der Waals surface area contributed by atoms with Crippen LogP contribution in [0.5, 0.6) is 0 Å². The van der Waals surface area contributed by atoms with Crippen molar-refractivity contribution in [3.05, 3.63) is 35.4 Å². The average Bonchev–Trinajstić information content (AvgIpc) is 2.41. The molecule has 0 bridgehead atoms. The van der Waals surface area contributed by atoms with Gasteiger partial charge in [0.2, 0.25) is 0 Å². The van der Waals surface area contributed by atoms with E-state index in [1.54, 1.807) is 0 Å². The summed E-state index contributed by atoms with van der Waals surface area (Å²) in [6, 6.07) is 10.0. The number of benzene rings is 1. The van der Waals surface area contributed by atoms with Gasteiger partial charge in [-0.1, -0.05) is 49.6 Å². The van der Waals surface area contributed by atoms with Crippen LogP contribution in [0.4, 0.5) is 0 Å². The summed E-state index contributed by atoms with van der Waals surface area (Å²) in [5.74, 6) is 0.778. The Morgan fingerprint density at radius 2 is 1.75 bits per heavy atom. The molecule has 1 aliphatic rings. The summed E-state index contributed by atoms with van der Waals surface area (Å²) < 4.78 is 0. The molecule has 2 nitrogen and oxygen atoms in total. The van der Waals surface area contributed by atoms with Gasteiger partial charge in [-0.3, -0.25) is 4.90 Å². The third-order valence-electron chi connectivity index (χ3n) is 4.94. The highest BCUT2D eigenvalue weighted by atomic mass is 15.2. The van der Waals surface area contributed by atoms with E-state index in [1.807, 2.05) is 0 Å². The predicted octanol–water partition coefficient (Wildman–Crippen LogP) is 3.89. The molecular formula is C18H30N2. The van der Waals surface area contributed by atoms with Crippen molar-refractivity contribution < 1.29 is 0 Å². The summed E-state index contributed by atoms with van der Waals surface area (Å²) in [5, 5.41) is 0. The molecule has 0 amide bonds. The molecule has 0 saturated heterocycles. The molecule has 0 radical (unpaired) electrons. The van der Waals surface area contributed by atoms with E-state index in [9.17, 15) is 0 Å². The highest BCUT2D eigenvalue weighted by Gasteiger charge is 2.31. The molecule has 4 unspecified atom stereocenters. The fourth-order valence-electron chi connectivity index (χ4n) is 3.78. The van der Waals surface area contributed by atoms with E-state index in [0.29, 0.717) is 12.1 Å². The zero-order valence-corrected chi connectivity index (χ0v) is 13.5. The van der Waals surface area contributed by atoms with Crippen molar-refractivity contribution in [2.45, 2.75) is 64.6 Å². The van der Waals surface area contributed by atoms with E-state index in [1.165, 1.54) is 36.8 Å². The lowest BCUT2D eigenvalue weighted by atomic mass is 9.83. The Morgan fingerprint density at radius 3 is 2.30 bits per heavy atom. The van der Waals surface area contributed by atoms with E-state index in [-0.39, 0.29) is 6.04 Å². The Hall–Kier alpha value is -0.860. The lowest BCUT2D eigenvalue weighted by molar-refractivity contribution is 0.0859. The van der Waals surface area contributed by atoms with Gasteiger partial charge < -0.3 is 5.73 Å². The highest BCUT2D eigenvalue weighted by molar-refractivity contribution is 5.25. The molecule has 0 spiro atoms. The third kappa shape index (κ3) is 3.42. The summed E-state index contributed by atoms with van der Waals surface area (Å²) in [5.41, 5.74) is 8.98. The third-order valence-corrected chi connectivity index (χ3v) is 4.94. The fourth-order valence-corrected chi connectivity index (χ4v) is 3.78. The van der Waals surface area contributed by atoms with Gasteiger partial charge in [-0.2, -0.15) is 0 Å². The number of hydrogen-bond donors (Lipinski definition) is 1. The zero-order valence-electron chi connectivity index (χ0n) is 13.5. The van der Waals surface area contributed by atoms with Gasteiger partial charge in [0.05, 0.1) is 0 Å². The van der Waals surface area contributed by atoms with Gasteiger partial charge >= 0.3 is 0 Å². The quantitative estimate of drug-likeness (QED) is 0.902. The van der Waals surface area contributed by atoms with Crippen LogP contribution < -0.4 is 5.73 Å². The average molecular weight is 274 g/mol. The summed E-state index contributed by atoms with van der Waals surface area (Å²) >= 11 is 0. The van der Waals surface area contributed by atoms with E-state index in [4.69, 9.17) is 5.73 Å². The molecule has 2 rings (SSSR count). The van der Waals surface area contributed by atoms with Gasteiger partial charge in [0.25, 0.3) is 0 Å². The number of hydrogen-bond acceptors (Lipinski definition) is 2. The zero-order chi connectivity index (χ0) is 14.7. The van der Waals surface area contributed by atoms with Crippen LogP contribution in [-0.2, 0) is 0 Å². The van der Waals surface area contributed by atoms with Crippen molar-refractivity contribution in [3.63, 3.8) is 0 Å². The van der Waals surface area contributed by atoms with Crippen LogP contribution in [0, 0.1) is 12.8 Å². The van der Waals surface area contributed by atoms with Crippen molar-refractivity contribution in [2.24, 2.45) is 11.7 Å². The first kappa shape index (κ1) is 15.5. The van der Waals surface area contributed by atoms with E-state index in [2.05, 4.69) is 57.0 Å². The Bertz CT molecular complexity index is 410. The number of nitrogens with zero attached hydrogens (tertiary/aromatic N) is 1. The van der Waals surface area contributed by atoms with Crippen LogP contribution in [-0.4, -0.2) is 24.0 Å². The smallest absolute Gasteiger partial charge is 0.0496 e. The van der Waals surface area contributed by atoms with E-state index in [0.717, 1.165) is 5.92 Å². The van der Waals surface area contributed by atoms with Gasteiger partial charge in [0.1, 0.15) is 0 Å². The van der Waals surface area contributed by atoms with Crippen LogP contribution in [0.1, 0.15) is 56.7 Å². The molecule has 1 fully saturated rings. The Labute approximate surface area is 124 Å². The minimum absolute atomic E-state index is 0.150. The first-order valence-electron chi connectivity index (χ1n) is 8.04. The molecule has 0 heterocycles. The standard InChI is InChI=1S/C18H30N2/c1-13-9-11-16(12-10-13)18(15(3)19)20(4)17-8-6-5-7-14(17)2/h9-12,14-15,17-18H,5-8,19H2,1-4H3. The molecule has 1 aromatic carbocycles. The minimum Gasteiger partial charge on any atom is -0.326 e. The van der Waals surface area contributed by atoms with E-state index >= 15 is 0 Å². The molecule has 0 aliphatic heterocycles. The molecule has 2 N–H and O–H groups in total. The van der Waals surface area contributed by atoms with Gasteiger partial charge in [-0.15, -0.1) is 0 Å². The van der Waals surface area contributed by atoms with Crippen LogP contribution >= 0.6 is 0 Å². The number of aryl methyl sites for hydroxylation is 1. The molecular weight excluding hydrogens is 244 g/mol. The van der Waals surface area contributed by atoms with Gasteiger partial charge in [0, 0.05) is 18.1 Å². The summed E-state index contributed by atoms with van der Waals surface area (Å²) in [7, 11) is 2.26. The minimum atomic E-state index is 0.150. The lowest BCUT2D eigenvalue weighted by Crippen LogP contribution is -2.46. The Morgan fingerprint density at radius 1 is 1.15 bits per heavy atom. The van der Waals surface area contributed by atoms with Crippen LogP contribution in [0.25, 0.3) is 0 Å². The highest BCUT2D eigenvalue weighted by Crippen LogP contribution is 2.33. The van der Waals surface area contributed by atoms with Crippen LogP contribution in [0.3, 0.4) is 0 Å². The SMILES string of the molecule is Cc1ccc(C(C(C)N)N(C)C2CCCCC2C)cc1. The van der Waals surface area contributed by atoms with Crippen LogP contribution in [0.15, 0.2) is 24.3 Å². The molecule has 2 heteroatoms. The fraction of sp³-hybridized carbons (Fsp3) is 0.667. The van der Waals surface area contributed by atoms with Crippen LogP contribution in [0.2, 0.25) is 0 Å². The maximum atomic E-state index is 6.32. The number of rotatable bonds is 4. The molecule has 4 atom stereocenters. The van der Waals surface area contributed by atoms with Gasteiger partial charge in [0.15, 0.2) is 0 Å². The molecule has 0 aromatic heterocycles. The Kier molecular flexibility index (Phi) is 5.22. The Balaban J connectivity index is 2.21. The maximum Gasteiger partial charge on any atom is 0.0496 e. The largest absolute Gasteiger partial charge is 0.326 e. The van der Waals surface area contributed by atoms with Gasteiger partial charge in [-0.25, -0.2) is 0 Å². The summed E-state index contributed by atoms with van der Waals surface area (Å²) in [6.07, 6.45) is 5.42. The van der Waals surface area contributed by atoms with Crippen molar-refractivity contribution in [1.29, 1.82) is 0 Å². The number of likely N-dealkylation sites (N-methyl/N-ethyl adjacent to an activating group) is 1. The summed E-state index contributed by atoms with van der Waals surface area (Å²) in [6.45, 7) is 6.67. The first-order valence-corrected chi connectivity index (χ1v) is 8.04. The summed E-state index contributed by atoms with van der Waals surface area (Å²) in [4.78, 5) is 2.54. The molecule has 20 heavy (non-hydrogen) atoms. The molecule has 1 aliphatic carbocycles. The topological polar surface area (TPSA) is 29.3 Å². The second kappa shape index (κ2) is 6.73. The van der Waals surface area contributed by atoms with Crippen molar-refractivity contribution in [2.75, 3.05) is 7.05 Å². The van der Waals surface area contributed by atoms with Crippen molar-refractivity contribution in [1.82, 2.24) is 4.90 Å². The molecule has 112 valence electrons. The second-order valence-corrected chi connectivity index (χ2v) is 6.71.